The minimum Gasteiger partial charge on any atom is -0.444 e. The molecule has 9 heteroatoms. The molecule has 1 unspecified atom stereocenters. The number of nitrogens with zero attached hydrogens (tertiary/aromatic N) is 2. The Morgan fingerprint density at radius 1 is 0.939 bits per heavy atom. The molecule has 0 aromatic rings. The Hall–Kier alpha value is -2.45. The summed E-state index contributed by atoms with van der Waals surface area (Å²) >= 11 is 0. The van der Waals surface area contributed by atoms with Crippen molar-refractivity contribution in [3.05, 3.63) is 0 Å². The normalized spacial score (nSPS) is 24.7. The van der Waals surface area contributed by atoms with Crippen molar-refractivity contribution >= 4 is 29.7 Å². The zero-order valence-electron chi connectivity index (χ0n) is 20.0. The molecule has 0 N–H and O–H groups in total. The summed E-state index contributed by atoms with van der Waals surface area (Å²) in [6, 6.07) is 0. The molecule has 2 saturated heterocycles. The molecule has 3 aliphatic rings. The van der Waals surface area contributed by atoms with Crippen LogP contribution in [0.4, 0.5) is 4.79 Å². The molecule has 184 valence electrons. The van der Waals surface area contributed by atoms with Gasteiger partial charge in [-0.05, 0) is 65.2 Å². The first-order valence-corrected chi connectivity index (χ1v) is 12.1. The average Bonchev–Trinajstić information content (AvgIpc) is 3.08. The van der Waals surface area contributed by atoms with Gasteiger partial charge in [0.2, 0.25) is 0 Å². The largest absolute Gasteiger partial charge is 0.444 e. The van der Waals surface area contributed by atoms with Gasteiger partial charge in [-0.15, -0.1) is 5.06 Å². The van der Waals surface area contributed by atoms with Crippen LogP contribution < -0.4 is 0 Å². The first kappa shape index (κ1) is 25.2. The summed E-state index contributed by atoms with van der Waals surface area (Å²) in [5, 5.41) is 0.581. The van der Waals surface area contributed by atoms with Gasteiger partial charge in [0.25, 0.3) is 11.8 Å². The van der Waals surface area contributed by atoms with E-state index in [1.807, 2.05) is 20.8 Å². The van der Waals surface area contributed by atoms with Crippen molar-refractivity contribution in [2.24, 2.45) is 17.8 Å². The number of amides is 3. The minimum absolute atomic E-state index is 0.0641. The molecule has 0 aromatic heterocycles. The van der Waals surface area contributed by atoms with Crippen LogP contribution in [-0.4, -0.2) is 58.3 Å². The van der Waals surface area contributed by atoms with Crippen LogP contribution in [0.25, 0.3) is 0 Å². The van der Waals surface area contributed by atoms with E-state index in [9.17, 15) is 24.0 Å². The number of rotatable bonds is 6. The summed E-state index contributed by atoms with van der Waals surface area (Å²) < 4.78 is 5.43. The van der Waals surface area contributed by atoms with E-state index in [1.54, 1.807) is 4.90 Å². The van der Waals surface area contributed by atoms with E-state index in [1.165, 1.54) is 0 Å². The highest BCUT2D eigenvalue weighted by Crippen LogP contribution is 2.33. The number of likely N-dealkylation sites (tertiary alicyclic amines) is 1. The fraction of sp³-hybridized carbons (Fsp3) is 0.792. The first-order chi connectivity index (χ1) is 15.5. The van der Waals surface area contributed by atoms with Gasteiger partial charge in [0.05, 0.1) is 5.92 Å². The number of hydroxylamine groups is 2. The molecule has 0 spiro atoms. The SMILES string of the molecule is CC(C)(C)OC(=O)N1CCC(CCC(=O)C2CCC[C@@H](C(=O)ON3C(=O)CCC3=O)C2)CC1. The standard InChI is InChI=1S/C24H36N2O7/c1-24(2,3)32-23(31)25-13-11-16(12-14-25)7-8-19(27)17-5-4-6-18(15-17)22(30)33-26-20(28)9-10-21(26)29/h16-18H,4-15H2,1-3H3/t17?,18-/m1/s1. The van der Waals surface area contributed by atoms with E-state index in [4.69, 9.17) is 9.57 Å². The summed E-state index contributed by atoms with van der Waals surface area (Å²) in [6.07, 6.45) is 5.29. The van der Waals surface area contributed by atoms with Crippen LogP contribution in [0.5, 0.6) is 0 Å². The predicted octanol–water partition coefficient (Wildman–Crippen LogP) is 3.40. The molecule has 1 saturated carbocycles. The van der Waals surface area contributed by atoms with Crippen LogP contribution in [-0.2, 0) is 28.8 Å². The monoisotopic (exact) mass is 464 g/mol. The van der Waals surface area contributed by atoms with Gasteiger partial charge in [0.15, 0.2) is 0 Å². The maximum atomic E-state index is 12.8. The Morgan fingerprint density at radius 2 is 1.55 bits per heavy atom. The van der Waals surface area contributed by atoms with Gasteiger partial charge < -0.3 is 14.5 Å². The van der Waals surface area contributed by atoms with E-state index in [0.717, 1.165) is 32.1 Å². The Morgan fingerprint density at radius 3 is 2.15 bits per heavy atom. The number of imide groups is 1. The van der Waals surface area contributed by atoms with E-state index in [2.05, 4.69) is 0 Å². The van der Waals surface area contributed by atoms with E-state index >= 15 is 0 Å². The smallest absolute Gasteiger partial charge is 0.410 e. The second kappa shape index (κ2) is 10.7. The van der Waals surface area contributed by atoms with Crippen molar-refractivity contribution in [3.8, 4) is 0 Å². The Kier molecular flexibility index (Phi) is 8.13. The third kappa shape index (κ3) is 7.01. The molecule has 1 aliphatic carbocycles. The molecule has 2 aliphatic heterocycles. The van der Waals surface area contributed by atoms with Gasteiger partial charge >= 0.3 is 12.1 Å². The zero-order valence-corrected chi connectivity index (χ0v) is 20.0. The van der Waals surface area contributed by atoms with Gasteiger partial charge in [0.1, 0.15) is 11.4 Å². The molecule has 3 amide bonds. The molecule has 3 rings (SSSR count). The van der Waals surface area contributed by atoms with Crippen LogP contribution in [0.1, 0.15) is 85.0 Å². The quantitative estimate of drug-likeness (QED) is 0.554. The molecule has 3 fully saturated rings. The fourth-order valence-electron chi connectivity index (χ4n) is 4.80. The van der Waals surface area contributed by atoms with E-state index in [-0.39, 0.29) is 30.6 Å². The van der Waals surface area contributed by atoms with Crippen molar-refractivity contribution in [2.45, 2.75) is 90.6 Å². The Bertz CT molecular complexity index is 764. The lowest BCUT2D eigenvalue weighted by Crippen LogP contribution is -2.41. The third-order valence-corrected chi connectivity index (χ3v) is 6.72. The number of piperidine rings is 1. The number of hydrogen-bond acceptors (Lipinski definition) is 7. The highest BCUT2D eigenvalue weighted by molar-refractivity contribution is 6.01. The van der Waals surface area contributed by atoms with Crippen LogP contribution in [0.2, 0.25) is 0 Å². The number of hydrogen-bond donors (Lipinski definition) is 0. The van der Waals surface area contributed by atoms with Crippen LogP contribution in [0.3, 0.4) is 0 Å². The lowest BCUT2D eigenvalue weighted by molar-refractivity contribution is -0.201. The third-order valence-electron chi connectivity index (χ3n) is 6.72. The number of carbonyl (C=O) groups excluding carboxylic acids is 5. The summed E-state index contributed by atoms with van der Waals surface area (Å²) in [5.41, 5.74) is -0.510. The predicted molar refractivity (Wildman–Crippen MR) is 117 cm³/mol. The van der Waals surface area contributed by atoms with Crippen LogP contribution >= 0.6 is 0 Å². The number of carbonyl (C=O) groups is 5. The van der Waals surface area contributed by atoms with Crippen LogP contribution in [0, 0.1) is 17.8 Å². The highest BCUT2D eigenvalue weighted by Gasteiger charge is 2.37. The Balaban J connectivity index is 1.40. The molecule has 9 nitrogen and oxygen atoms in total. The maximum absolute atomic E-state index is 12.8. The lowest BCUT2D eigenvalue weighted by Gasteiger charge is -2.33. The molecular formula is C24H36N2O7. The van der Waals surface area contributed by atoms with E-state index in [0.29, 0.717) is 43.3 Å². The van der Waals surface area contributed by atoms with Crippen molar-refractivity contribution in [1.82, 2.24) is 9.96 Å². The van der Waals surface area contributed by atoms with Crippen molar-refractivity contribution in [1.29, 1.82) is 0 Å². The molecule has 33 heavy (non-hydrogen) atoms. The summed E-state index contributed by atoms with van der Waals surface area (Å²) in [4.78, 5) is 67.6. The van der Waals surface area contributed by atoms with Crippen molar-refractivity contribution in [3.63, 3.8) is 0 Å². The van der Waals surface area contributed by atoms with Crippen molar-refractivity contribution < 1.29 is 33.5 Å². The fourth-order valence-corrected chi connectivity index (χ4v) is 4.80. The topological polar surface area (TPSA) is 110 Å². The average molecular weight is 465 g/mol. The molecule has 2 heterocycles. The van der Waals surface area contributed by atoms with Crippen LogP contribution in [0.15, 0.2) is 0 Å². The second-order valence-corrected chi connectivity index (χ2v) is 10.5. The highest BCUT2D eigenvalue weighted by atomic mass is 16.7. The van der Waals surface area contributed by atoms with Gasteiger partial charge in [-0.1, -0.05) is 6.42 Å². The first-order valence-electron chi connectivity index (χ1n) is 12.1. The Labute approximate surface area is 195 Å². The molecule has 0 bridgehead atoms. The van der Waals surface area contributed by atoms with Gasteiger partial charge in [0, 0.05) is 38.3 Å². The molecular weight excluding hydrogens is 428 g/mol. The number of ether oxygens (including phenoxy) is 1. The van der Waals surface area contributed by atoms with Gasteiger partial charge in [-0.25, -0.2) is 9.59 Å². The molecule has 0 radical (unpaired) electrons. The molecule has 2 atom stereocenters. The van der Waals surface area contributed by atoms with Gasteiger partial charge in [-0.2, -0.15) is 0 Å². The lowest BCUT2D eigenvalue weighted by atomic mass is 9.77. The number of ketones is 1. The maximum Gasteiger partial charge on any atom is 0.410 e. The van der Waals surface area contributed by atoms with E-state index < -0.39 is 29.3 Å². The minimum atomic E-state index is -0.592. The summed E-state index contributed by atoms with van der Waals surface area (Å²) in [5.74, 6) is -1.68. The van der Waals surface area contributed by atoms with Crippen molar-refractivity contribution in [2.75, 3.05) is 13.1 Å². The van der Waals surface area contributed by atoms with Gasteiger partial charge in [-0.3, -0.25) is 14.4 Å². The second-order valence-electron chi connectivity index (χ2n) is 10.5. The summed E-state index contributed by atoms with van der Waals surface area (Å²) in [7, 11) is 0. The molecule has 0 aromatic carbocycles. The number of Topliss-reactive ketones (excluding diaryl/α,β-unsaturated/α-hetero) is 1. The summed E-state index contributed by atoms with van der Waals surface area (Å²) in [6.45, 7) is 6.83. The zero-order chi connectivity index (χ0) is 24.2.